The summed E-state index contributed by atoms with van der Waals surface area (Å²) >= 11 is 0. The van der Waals surface area contributed by atoms with Gasteiger partial charge in [-0.2, -0.15) is 0 Å². The van der Waals surface area contributed by atoms with E-state index in [1.165, 1.54) is 0 Å². The average molecular weight is 243 g/mol. The van der Waals surface area contributed by atoms with Gasteiger partial charge < -0.3 is 15.2 Å². The van der Waals surface area contributed by atoms with Crippen LogP contribution < -0.4 is 5.32 Å². The molecule has 0 radical (unpaired) electrons. The molecule has 0 heterocycles. The minimum absolute atomic E-state index is 0.0163. The normalized spacial score (nSPS) is 23.9. The maximum atomic E-state index is 11.5. The molecule has 5 heteroatoms. The number of hydrogen-bond acceptors (Lipinski definition) is 3. The van der Waals surface area contributed by atoms with Gasteiger partial charge in [0.25, 0.3) is 0 Å². The van der Waals surface area contributed by atoms with Gasteiger partial charge in [-0.15, -0.1) is 0 Å². The van der Waals surface area contributed by atoms with E-state index in [0.29, 0.717) is 25.9 Å². The van der Waals surface area contributed by atoms with Gasteiger partial charge in [0.15, 0.2) is 0 Å². The maximum Gasteiger partial charge on any atom is 0.306 e. The molecule has 0 spiro atoms. The van der Waals surface area contributed by atoms with E-state index in [9.17, 15) is 9.59 Å². The van der Waals surface area contributed by atoms with E-state index in [0.717, 1.165) is 6.42 Å². The second-order valence-electron chi connectivity index (χ2n) is 4.78. The van der Waals surface area contributed by atoms with Gasteiger partial charge in [0, 0.05) is 12.5 Å². The lowest BCUT2D eigenvalue weighted by Crippen LogP contribution is -2.34. The monoisotopic (exact) mass is 243 g/mol. The lowest BCUT2D eigenvalue weighted by Gasteiger charge is -2.13. The number of ether oxygens (including phenoxy) is 1. The minimum Gasteiger partial charge on any atom is -0.481 e. The van der Waals surface area contributed by atoms with Crippen molar-refractivity contribution in [2.75, 3.05) is 6.61 Å². The molecule has 2 atom stereocenters. The molecule has 1 amide bonds. The molecule has 1 aliphatic carbocycles. The summed E-state index contributed by atoms with van der Waals surface area (Å²) in [6, 6.07) is 0.0163. The van der Waals surface area contributed by atoms with Crippen LogP contribution in [0.4, 0.5) is 0 Å². The van der Waals surface area contributed by atoms with Gasteiger partial charge in [-0.05, 0) is 33.1 Å². The van der Waals surface area contributed by atoms with Crippen molar-refractivity contribution in [2.24, 2.45) is 5.92 Å². The molecule has 1 aliphatic rings. The summed E-state index contributed by atoms with van der Waals surface area (Å²) < 4.78 is 5.28. The first-order valence-electron chi connectivity index (χ1n) is 6.12. The Morgan fingerprint density at radius 2 is 2.12 bits per heavy atom. The highest BCUT2D eigenvalue weighted by molar-refractivity contribution is 5.76. The van der Waals surface area contributed by atoms with Gasteiger partial charge >= 0.3 is 5.97 Å². The lowest BCUT2D eigenvalue weighted by atomic mass is 10.1. The van der Waals surface area contributed by atoms with Crippen molar-refractivity contribution in [3.05, 3.63) is 0 Å². The molecule has 17 heavy (non-hydrogen) atoms. The Bertz CT molecular complexity index is 278. The van der Waals surface area contributed by atoms with Crippen molar-refractivity contribution in [1.82, 2.24) is 5.32 Å². The third-order valence-corrected chi connectivity index (χ3v) is 2.93. The molecule has 1 saturated carbocycles. The van der Waals surface area contributed by atoms with Crippen LogP contribution in [0, 0.1) is 5.92 Å². The number of hydrogen-bond donors (Lipinski definition) is 2. The molecule has 98 valence electrons. The summed E-state index contributed by atoms with van der Waals surface area (Å²) in [5.41, 5.74) is 0. The number of carboxylic acid groups (broad SMARTS) is 1. The number of carboxylic acids is 1. The van der Waals surface area contributed by atoms with Crippen LogP contribution in [0.5, 0.6) is 0 Å². The largest absolute Gasteiger partial charge is 0.481 e. The minimum atomic E-state index is -0.759. The van der Waals surface area contributed by atoms with Gasteiger partial charge in [-0.25, -0.2) is 0 Å². The molecule has 0 aromatic heterocycles. The molecule has 0 unspecified atom stereocenters. The first-order valence-corrected chi connectivity index (χ1v) is 6.12. The van der Waals surface area contributed by atoms with Crippen LogP contribution in [0.3, 0.4) is 0 Å². The Morgan fingerprint density at radius 3 is 2.65 bits per heavy atom. The van der Waals surface area contributed by atoms with Crippen LogP contribution in [-0.4, -0.2) is 35.7 Å². The summed E-state index contributed by atoms with van der Waals surface area (Å²) in [6.07, 6.45) is 2.43. The van der Waals surface area contributed by atoms with Gasteiger partial charge in [0.05, 0.1) is 18.6 Å². The Kier molecular flexibility index (Phi) is 5.41. The van der Waals surface area contributed by atoms with Crippen LogP contribution in [0.2, 0.25) is 0 Å². The van der Waals surface area contributed by atoms with Crippen LogP contribution in [0.1, 0.15) is 39.5 Å². The fourth-order valence-corrected chi connectivity index (χ4v) is 2.02. The first-order chi connectivity index (χ1) is 7.99. The third-order valence-electron chi connectivity index (χ3n) is 2.93. The van der Waals surface area contributed by atoms with Gasteiger partial charge in [0.1, 0.15) is 0 Å². The molecule has 1 fully saturated rings. The van der Waals surface area contributed by atoms with Gasteiger partial charge in [0.2, 0.25) is 5.91 Å². The van der Waals surface area contributed by atoms with Crippen LogP contribution in [-0.2, 0) is 14.3 Å². The quantitative estimate of drug-likeness (QED) is 0.734. The lowest BCUT2D eigenvalue weighted by molar-refractivity contribution is -0.141. The Balaban J connectivity index is 2.17. The van der Waals surface area contributed by atoms with Crippen molar-refractivity contribution in [3.63, 3.8) is 0 Å². The SMILES string of the molecule is CC(C)OCCC(=O)N[C@H]1CC[C@@H](C(=O)O)C1. The van der Waals surface area contributed by atoms with E-state index in [-0.39, 0.29) is 24.0 Å². The number of amides is 1. The number of nitrogens with one attached hydrogen (secondary N) is 1. The number of aliphatic carboxylic acids is 1. The molecule has 1 rings (SSSR count). The van der Waals surface area contributed by atoms with Crippen LogP contribution in [0.15, 0.2) is 0 Å². The topological polar surface area (TPSA) is 75.6 Å². The van der Waals surface area contributed by atoms with Gasteiger partial charge in [-0.1, -0.05) is 0 Å². The van der Waals surface area contributed by atoms with Crippen LogP contribution >= 0.6 is 0 Å². The van der Waals surface area contributed by atoms with E-state index >= 15 is 0 Å². The van der Waals surface area contributed by atoms with Crippen molar-refractivity contribution in [1.29, 1.82) is 0 Å². The molecule has 0 aromatic rings. The highest BCUT2D eigenvalue weighted by Gasteiger charge is 2.30. The average Bonchev–Trinajstić information content (AvgIpc) is 2.65. The zero-order valence-electron chi connectivity index (χ0n) is 10.4. The molecule has 5 nitrogen and oxygen atoms in total. The summed E-state index contributed by atoms with van der Waals surface area (Å²) in [5, 5.41) is 11.7. The summed E-state index contributed by atoms with van der Waals surface area (Å²) in [7, 11) is 0. The molecule has 0 saturated heterocycles. The van der Waals surface area contributed by atoms with Crippen molar-refractivity contribution in [2.45, 2.75) is 51.7 Å². The Hall–Kier alpha value is -1.10. The predicted octanol–water partition coefficient (Wildman–Crippen LogP) is 1.17. The third kappa shape index (κ3) is 5.17. The van der Waals surface area contributed by atoms with E-state index < -0.39 is 5.97 Å². The van der Waals surface area contributed by atoms with E-state index in [1.54, 1.807) is 0 Å². The second-order valence-corrected chi connectivity index (χ2v) is 4.78. The molecular weight excluding hydrogens is 222 g/mol. The molecule has 0 aliphatic heterocycles. The molecule has 0 bridgehead atoms. The maximum absolute atomic E-state index is 11.5. The van der Waals surface area contributed by atoms with Crippen molar-refractivity contribution in [3.8, 4) is 0 Å². The molecule has 0 aromatic carbocycles. The summed E-state index contributed by atoms with van der Waals surface area (Å²) in [6.45, 7) is 4.26. The molecule has 2 N–H and O–H groups in total. The zero-order chi connectivity index (χ0) is 12.8. The standard InChI is InChI=1S/C12H21NO4/c1-8(2)17-6-5-11(14)13-10-4-3-9(7-10)12(15)16/h8-10H,3-7H2,1-2H3,(H,13,14)(H,15,16)/t9-,10+/m1/s1. The second kappa shape index (κ2) is 6.59. The highest BCUT2D eigenvalue weighted by Crippen LogP contribution is 2.25. The number of carbonyl (C=O) groups excluding carboxylic acids is 1. The number of carbonyl (C=O) groups is 2. The smallest absolute Gasteiger partial charge is 0.306 e. The van der Waals surface area contributed by atoms with Crippen molar-refractivity contribution >= 4 is 11.9 Å². The molecular formula is C12H21NO4. The fourth-order valence-electron chi connectivity index (χ4n) is 2.02. The van der Waals surface area contributed by atoms with Gasteiger partial charge in [-0.3, -0.25) is 9.59 Å². The zero-order valence-corrected chi connectivity index (χ0v) is 10.4. The fraction of sp³-hybridized carbons (Fsp3) is 0.833. The summed E-state index contributed by atoms with van der Waals surface area (Å²) in [4.78, 5) is 22.3. The Labute approximate surface area is 102 Å². The predicted molar refractivity (Wildman–Crippen MR) is 62.6 cm³/mol. The Morgan fingerprint density at radius 1 is 1.41 bits per heavy atom. The van der Waals surface area contributed by atoms with E-state index in [2.05, 4.69) is 5.32 Å². The van der Waals surface area contributed by atoms with E-state index in [4.69, 9.17) is 9.84 Å². The van der Waals surface area contributed by atoms with Crippen molar-refractivity contribution < 1.29 is 19.4 Å². The number of rotatable bonds is 6. The highest BCUT2D eigenvalue weighted by atomic mass is 16.5. The first kappa shape index (κ1) is 14.0. The van der Waals surface area contributed by atoms with E-state index in [1.807, 2.05) is 13.8 Å². The summed E-state index contributed by atoms with van der Waals surface area (Å²) in [5.74, 6) is -1.11. The van der Waals surface area contributed by atoms with Crippen LogP contribution in [0.25, 0.3) is 0 Å².